The molecule has 0 spiro atoms. The molecule has 5 nitrogen and oxygen atoms in total. The maximum atomic E-state index is 12.3. The average molecular weight is 310 g/mol. The molecule has 18 heavy (non-hydrogen) atoms. The van der Waals surface area contributed by atoms with Crippen LogP contribution in [-0.4, -0.2) is 47.1 Å². The average Bonchev–Trinajstić information content (AvgIpc) is 2.81. The van der Waals surface area contributed by atoms with Crippen LogP contribution < -0.4 is 0 Å². The monoisotopic (exact) mass is 309 g/mol. The Balaban J connectivity index is 1.91. The van der Waals surface area contributed by atoms with Gasteiger partial charge in [0.1, 0.15) is 10.3 Å². The first-order valence-electron chi connectivity index (χ1n) is 5.75. The maximum absolute atomic E-state index is 12.3. The summed E-state index contributed by atoms with van der Waals surface area (Å²) < 4.78 is 5.99. The largest absolute Gasteiger partial charge is 0.378 e. The molecule has 0 aliphatic carbocycles. The van der Waals surface area contributed by atoms with Crippen molar-refractivity contribution in [2.75, 3.05) is 26.3 Å². The molecule has 1 N–H and O–H groups in total. The number of fused-ring (bicyclic) bond motifs is 1. The Labute approximate surface area is 112 Å². The number of rotatable bonds is 1. The minimum atomic E-state index is 0.0191. The minimum Gasteiger partial charge on any atom is -0.378 e. The van der Waals surface area contributed by atoms with Gasteiger partial charge in [0.2, 0.25) is 0 Å². The molecule has 3 heterocycles. The molecule has 2 aromatic heterocycles. The number of amides is 1. The van der Waals surface area contributed by atoms with Gasteiger partial charge in [0.15, 0.2) is 0 Å². The molecular formula is C12H12BrN3O2. The van der Waals surface area contributed by atoms with Crippen molar-refractivity contribution in [3.8, 4) is 0 Å². The number of H-pyrrole nitrogens is 1. The zero-order chi connectivity index (χ0) is 12.5. The lowest BCUT2D eigenvalue weighted by molar-refractivity contribution is 0.0299. The highest BCUT2D eigenvalue weighted by molar-refractivity contribution is 9.10. The second kappa shape index (κ2) is 4.70. The third-order valence-electron chi connectivity index (χ3n) is 3.00. The lowest BCUT2D eigenvalue weighted by Crippen LogP contribution is -2.40. The van der Waals surface area contributed by atoms with Crippen LogP contribution in [0.3, 0.4) is 0 Å². The fraction of sp³-hybridized carbons (Fsp3) is 0.333. The first kappa shape index (κ1) is 11.7. The first-order chi connectivity index (χ1) is 8.74. The number of nitrogens with one attached hydrogen (secondary N) is 1. The van der Waals surface area contributed by atoms with Gasteiger partial charge in [0.25, 0.3) is 5.91 Å². The van der Waals surface area contributed by atoms with Crippen LogP contribution in [0.15, 0.2) is 22.9 Å². The number of halogens is 1. The number of carbonyl (C=O) groups is 1. The molecule has 3 rings (SSSR count). The van der Waals surface area contributed by atoms with E-state index < -0.39 is 0 Å². The van der Waals surface area contributed by atoms with Crippen LogP contribution in [0, 0.1) is 0 Å². The van der Waals surface area contributed by atoms with E-state index in [9.17, 15) is 4.79 Å². The molecule has 2 aromatic rings. The lowest BCUT2D eigenvalue weighted by Gasteiger charge is -2.26. The highest BCUT2D eigenvalue weighted by Crippen LogP contribution is 2.19. The number of carbonyl (C=O) groups excluding carboxylic acids is 1. The zero-order valence-corrected chi connectivity index (χ0v) is 11.2. The molecule has 1 saturated heterocycles. The first-order valence-corrected chi connectivity index (χ1v) is 6.54. The van der Waals surface area contributed by atoms with Gasteiger partial charge in [-0.1, -0.05) is 0 Å². The Kier molecular flexibility index (Phi) is 3.05. The van der Waals surface area contributed by atoms with Crippen molar-refractivity contribution in [3.05, 3.63) is 28.6 Å². The molecule has 0 bridgehead atoms. The number of pyridine rings is 1. The summed E-state index contributed by atoms with van der Waals surface area (Å²) in [4.78, 5) is 21.3. The maximum Gasteiger partial charge on any atom is 0.270 e. The van der Waals surface area contributed by atoms with Crippen LogP contribution >= 0.6 is 15.9 Å². The van der Waals surface area contributed by atoms with Gasteiger partial charge in [-0.15, -0.1) is 0 Å². The molecule has 0 saturated carbocycles. The van der Waals surface area contributed by atoms with Crippen molar-refractivity contribution >= 4 is 32.7 Å². The SMILES string of the molecule is O=C(c1cc2cnc(Br)cc2[nH]1)N1CCOCC1. The van der Waals surface area contributed by atoms with Crippen LogP contribution in [0.2, 0.25) is 0 Å². The summed E-state index contributed by atoms with van der Waals surface area (Å²) in [6.07, 6.45) is 1.74. The fourth-order valence-electron chi connectivity index (χ4n) is 2.05. The van der Waals surface area contributed by atoms with Crippen molar-refractivity contribution in [1.29, 1.82) is 0 Å². The number of ether oxygens (including phenoxy) is 1. The predicted octanol–water partition coefficient (Wildman–Crippen LogP) is 1.80. The molecule has 0 radical (unpaired) electrons. The summed E-state index contributed by atoms with van der Waals surface area (Å²) in [6, 6.07) is 3.71. The summed E-state index contributed by atoms with van der Waals surface area (Å²) in [5, 5.41) is 0.940. The number of aromatic nitrogens is 2. The smallest absolute Gasteiger partial charge is 0.270 e. The van der Waals surface area contributed by atoms with Gasteiger partial charge in [-0.05, 0) is 28.1 Å². The van der Waals surface area contributed by atoms with Gasteiger partial charge in [0, 0.05) is 24.7 Å². The van der Waals surface area contributed by atoms with E-state index in [2.05, 4.69) is 25.9 Å². The molecule has 94 valence electrons. The lowest BCUT2D eigenvalue weighted by atomic mass is 10.3. The standard InChI is InChI=1S/C12H12BrN3O2/c13-11-6-9-8(7-14-11)5-10(15-9)12(17)16-1-3-18-4-2-16/h5-7,15H,1-4H2. The third kappa shape index (κ3) is 2.13. The fourth-order valence-corrected chi connectivity index (χ4v) is 2.38. The number of hydrogen-bond donors (Lipinski definition) is 1. The van der Waals surface area contributed by atoms with Crippen molar-refractivity contribution < 1.29 is 9.53 Å². The van der Waals surface area contributed by atoms with E-state index in [0.29, 0.717) is 32.0 Å². The zero-order valence-electron chi connectivity index (χ0n) is 9.65. The number of hydrogen-bond acceptors (Lipinski definition) is 3. The Hall–Kier alpha value is -1.40. The summed E-state index contributed by atoms with van der Waals surface area (Å²) in [6.45, 7) is 2.52. The van der Waals surface area contributed by atoms with Crippen LogP contribution in [0.25, 0.3) is 10.9 Å². The van der Waals surface area contributed by atoms with Gasteiger partial charge >= 0.3 is 0 Å². The third-order valence-corrected chi connectivity index (χ3v) is 3.43. The van der Waals surface area contributed by atoms with E-state index in [0.717, 1.165) is 15.5 Å². The van der Waals surface area contributed by atoms with Crippen molar-refractivity contribution in [2.45, 2.75) is 0 Å². The molecule has 0 unspecified atom stereocenters. The Morgan fingerprint density at radius 1 is 1.39 bits per heavy atom. The molecule has 0 atom stereocenters. The van der Waals surface area contributed by atoms with Crippen molar-refractivity contribution in [3.63, 3.8) is 0 Å². The van der Waals surface area contributed by atoms with Gasteiger partial charge in [-0.25, -0.2) is 4.98 Å². The molecule has 1 amide bonds. The number of morpholine rings is 1. The molecule has 6 heteroatoms. The molecule has 1 aliphatic heterocycles. The van der Waals surface area contributed by atoms with E-state index in [1.165, 1.54) is 0 Å². The topological polar surface area (TPSA) is 58.2 Å². The Morgan fingerprint density at radius 3 is 2.94 bits per heavy atom. The molecule has 1 fully saturated rings. The van der Waals surface area contributed by atoms with Crippen LogP contribution in [0.5, 0.6) is 0 Å². The summed E-state index contributed by atoms with van der Waals surface area (Å²) in [7, 11) is 0. The summed E-state index contributed by atoms with van der Waals surface area (Å²) in [5.74, 6) is 0.0191. The highest BCUT2D eigenvalue weighted by Gasteiger charge is 2.20. The van der Waals surface area contributed by atoms with E-state index in [1.807, 2.05) is 12.1 Å². The Bertz CT molecular complexity index is 590. The number of aromatic amines is 1. The second-order valence-corrected chi connectivity index (χ2v) is 4.99. The van der Waals surface area contributed by atoms with E-state index in [-0.39, 0.29) is 5.91 Å². The minimum absolute atomic E-state index is 0.0191. The van der Waals surface area contributed by atoms with Gasteiger partial charge in [-0.2, -0.15) is 0 Å². The van der Waals surface area contributed by atoms with Crippen molar-refractivity contribution in [2.24, 2.45) is 0 Å². The quantitative estimate of drug-likeness (QED) is 0.817. The van der Waals surface area contributed by atoms with E-state index in [4.69, 9.17) is 4.74 Å². The summed E-state index contributed by atoms with van der Waals surface area (Å²) >= 11 is 3.31. The second-order valence-electron chi connectivity index (χ2n) is 4.18. The molecule has 1 aliphatic rings. The summed E-state index contributed by atoms with van der Waals surface area (Å²) in [5.41, 5.74) is 1.51. The Morgan fingerprint density at radius 2 is 2.17 bits per heavy atom. The number of nitrogens with zero attached hydrogens (tertiary/aromatic N) is 2. The molecular weight excluding hydrogens is 298 g/mol. The highest BCUT2D eigenvalue weighted by atomic mass is 79.9. The normalized spacial score (nSPS) is 16.2. The van der Waals surface area contributed by atoms with E-state index >= 15 is 0 Å². The van der Waals surface area contributed by atoms with Crippen LogP contribution in [-0.2, 0) is 4.74 Å². The van der Waals surface area contributed by atoms with Crippen molar-refractivity contribution in [1.82, 2.24) is 14.9 Å². The van der Waals surface area contributed by atoms with Gasteiger partial charge in [-0.3, -0.25) is 4.79 Å². The van der Waals surface area contributed by atoms with Crippen LogP contribution in [0.4, 0.5) is 0 Å². The predicted molar refractivity (Wildman–Crippen MR) is 70.5 cm³/mol. The van der Waals surface area contributed by atoms with Gasteiger partial charge < -0.3 is 14.6 Å². The molecule has 0 aromatic carbocycles. The van der Waals surface area contributed by atoms with E-state index in [1.54, 1.807) is 11.1 Å². The van der Waals surface area contributed by atoms with Crippen LogP contribution in [0.1, 0.15) is 10.5 Å². The van der Waals surface area contributed by atoms with Gasteiger partial charge in [0.05, 0.1) is 18.7 Å².